The first-order valence-electron chi connectivity index (χ1n) is 9.79. The number of amides is 1. The van der Waals surface area contributed by atoms with Gasteiger partial charge in [0.05, 0.1) is 5.25 Å². The molecule has 1 aromatic heterocycles. The van der Waals surface area contributed by atoms with Crippen LogP contribution in [0.25, 0.3) is 0 Å². The lowest BCUT2D eigenvalue weighted by Gasteiger charge is -2.09. The number of ketones is 1. The highest BCUT2D eigenvalue weighted by molar-refractivity contribution is 8.02. The second-order valence-electron chi connectivity index (χ2n) is 6.35. The van der Waals surface area contributed by atoms with E-state index in [1.165, 1.54) is 23.1 Å². The molecule has 29 heavy (non-hydrogen) atoms. The Balaban J connectivity index is 1.83. The molecule has 0 saturated carbocycles. The molecule has 0 fully saturated rings. The molecule has 2 aromatic rings. The fourth-order valence-electron chi connectivity index (χ4n) is 2.45. The zero-order valence-electron chi connectivity index (χ0n) is 17.1. The molecule has 0 bridgehead atoms. The zero-order chi connectivity index (χ0) is 21.1. The Morgan fingerprint density at radius 3 is 2.66 bits per heavy atom. The molecule has 9 heteroatoms. The van der Waals surface area contributed by atoms with Crippen molar-refractivity contribution in [1.82, 2.24) is 10.2 Å². The molecule has 2 N–H and O–H groups in total. The Morgan fingerprint density at radius 1 is 1.21 bits per heavy atom. The second kappa shape index (κ2) is 12.6. The second-order valence-corrected chi connectivity index (χ2v) is 8.92. The lowest BCUT2D eigenvalue weighted by molar-refractivity contribution is -0.116. The van der Waals surface area contributed by atoms with Crippen LogP contribution in [-0.4, -0.2) is 46.9 Å². The van der Waals surface area contributed by atoms with Gasteiger partial charge < -0.3 is 15.4 Å². The third-order valence-corrected chi connectivity index (χ3v) is 5.99. The number of carbonyl (C=O) groups is 2. The summed E-state index contributed by atoms with van der Waals surface area (Å²) < 4.78 is 6.05. The zero-order valence-corrected chi connectivity index (χ0v) is 18.7. The van der Waals surface area contributed by atoms with Crippen molar-refractivity contribution >= 4 is 45.6 Å². The lowest BCUT2D eigenvalue weighted by Crippen LogP contribution is -2.14. The van der Waals surface area contributed by atoms with Crippen molar-refractivity contribution < 1.29 is 14.3 Å². The van der Waals surface area contributed by atoms with Crippen LogP contribution in [0.15, 0.2) is 28.6 Å². The first kappa shape index (κ1) is 23.3. The summed E-state index contributed by atoms with van der Waals surface area (Å²) in [7, 11) is 0. The minimum atomic E-state index is -0.283. The normalized spacial score (nSPS) is 11.8. The van der Waals surface area contributed by atoms with Crippen LogP contribution in [0.5, 0.6) is 0 Å². The van der Waals surface area contributed by atoms with Crippen molar-refractivity contribution in [2.45, 2.75) is 49.6 Å². The standard InChI is InChI=1S/C20H28N4O3S2/c1-4-7-17(25)22-16-10-8-15(9-11-16)18(26)14(3)28-20-24-23-19(29-20)21-12-6-13-27-5-2/h8-11,14H,4-7,12-13H2,1-3H3,(H,21,23)(H,22,25). The molecular formula is C20H28N4O3S2. The summed E-state index contributed by atoms with van der Waals surface area (Å²) in [5.41, 5.74) is 1.31. The van der Waals surface area contributed by atoms with Crippen LogP contribution in [0, 0.1) is 0 Å². The van der Waals surface area contributed by atoms with Gasteiger partial charge >= 0.3 is 0 Å². The van der Waals surface area contributed by atoms with Crippen LogP contribution < -0.4 is 10.6 Å². The third-order valence-electron chi connectivity index (χ3n) is 3.93. The maximum absolute atomic E-state index is 12.7. The molecule has 0 aliphatic heterocycles. The summed E-state index contributed by atoms with van der Waals surface area (Å²) >= 11 is 2.84. The van der Waals surface area contributed by atoms with E-state index in [0.717, 1.165) is 42.1 Å². The fourth-order valence-corrected chi connectivity index (χ4v) is 4.45. The van der Waals surface area contributed by atoms with Gasteiger partial charge in [0.15, 0.2) is 10.1 Å². The van der Waals surface area contributed by atoms with Crippen LogP contribution in [0.2, 0.25) is 0 Å². The van der Waals surface area contributed by atoms with Crippen molar-refractivity contribution in [2.75, 3.05) is 30.4 Å². The van der Waals surface area contributed by atoms with E-state index in [2.05, 4.69) is 20.8 Å². The van der Waals surface area contributed by atoms with E-state index in [1.54, 1.807) is 24.3 Å². The maximum Gasteiger partial charge on any atom is 0.224 e. The maximum atomic E-state index is 12.7. The minimum Gasteiger partial charge on any atom is -0.382 e. The van der Waals surface area contributed by atoms with Gasteiger partial charge in [-0.2, -0.15) is 0 Å². The van der Waals surface area contributed by atoms with Gasteiger partial charge in [-0.25, -0.2) is 0 Å². The molecule has 7 nitrogen and oxygen atoms in total. The van der Waals surface area contributed by atoms with Crippen molar-refractivity contribution in [2.24, 2.45) is 0 Å². The molecule has 158 valence electrons. The van der Waals surface area contributed by atoms with E-state index in [-0.39, 0.29) is 16.9 Å². The Bertz CT molecular complexity index is 780. The molecule has 1 atom stereocenters. The Kier molecular flexibility index (Phi) is 10.1. The number of benzene rings is 1. The highest BCUT2D eigenvalue weighted by Crippen LogP contribution is 2.30. The number of ether oxygens (including phenoxy) is 1. The van der Waals surface area contributed by atoms with Gasteiger partial charge in [0.2, 0.25) is 11.0 Å². The quantitative estimate of drug-likeness (QED) is 0.272. The number of hydrogen-bond acceptors (Lipinski definition) is 8. The molecule has 1 aromatic carbocycles. The minimum absolute atomic E-state index is 0.0165. The number of hydrogen-bond donors (Lipinski definition) is 2. The number of carbonyl (C=O) groups excluding carboxylic acids is 2. The lowest BCUT2D eigenvalue weighted by atomic mass is 10.1. The molecule has 0 saturated heterocycles. The molecular weight excluding hydrogens is 408 g/mol. The monoisotopic (exact) mass is 436 g/mol. The molecule has 1 heterocycles. The number of Topliss-reactive ketones (excluding diaryl/α,β-unsaturated/α-hetero) is 1. The first-order valence-corrected chi connectivity index (χ1v) is 11.5. The Morgan fingerprint density at radius 2 is 1.97 bits per heavy atom. The summed E-state index contributed by atoms with van der Waals surface area (Å²) in [5, 5.41) is 14.8. The molecule has 0 aliphatic carbocycles. The molecule has 0 spiro atoms. The van der Waals surface area contributed by atoms with Crippen molar-refractivity contribution in [3.05, 3.63) is 29.8 Å². The number of anilines is 2. The average molecular weight is 437 g/mol. The van der Waals surface area contributed by atoms with Crippen LogP contribution in [0.4, 0.5) is 10.8 Å². The SMILES string of the molecule is CCCC(=O)Nc1ccc(C(=O)C(C)Sc2nnc(NCCCOCC)s2)cc1. The van der Waals surface area contributed by atoms with Gasteiger partial charge in [-0.05, 0) is 51.0 Å². The summed E-state index contributed by atoms with van der Waals surface area (Å²) in [4.78, 5) is 24.3. The molecule has 1 unspecified atom stereocenters. The number of thioether (sulfide) groups is 1. The summed E-state index contributed by atoms with van der Waals surface area (Å²) in [6, 6.07) is 7.00. The molecule has 2 rings (SSSR count). The molecule has 0 radical (unpaired) electrons. The average Bonchev–Trinajstić information content (AvgIpc) is 3.15. The number of aromatic nitrogens is 2. The van der Waals surface area contributed by atoms with Gasteiger partial charge in [-0.1, -0.05) is 30.0 Å². The van der Waals surface area contributed by atoms with Crippen molar-refractivity contribution in [3.63, 3.8) is 0 Å². The number of rotatable bonds is 13. The van der Waals surface area contributed by atoms with Crippen molar-refractivity contribution in [3.8, 4) is 0 Å². The van der Waals surface area contributed by atoms with Crippen LogP contribution >= 0.6 is 23.1 Å². The predicted octanol–water partition coefficient (Wildman–Crippen LogP) is 4.48. The van der Waals surface area contributed by atoms with Gasteiger partial charge in [0.1, 0.15) is 0 Å². The van der Waals surface area contributed by atoms with Gasteiger partial charge in [0, 0.05) is 37.4 Å². The van der Waals surface area contributed by atoms with Crippen LogP contribution in [0.1, 0.15) is 50.4 Å². The van der Waals surface area contributed by atoms with E-state index in [4.69, 9.17) is 4.74 Å². The van der Waals surface area contributed by atoms with Gasteiger partial charge in [-0.3, -0.25) is 9.59 Å². The third kappa shape index (κ3) is 8.12. The Hall–Kier alpha value is -1.97. The Labute approximate surface area is 180 Å². The summed E-state index contributed by atoms with van der Waals surface area (Å²) in [6.07, 6.45) is 2.19. The van der Waals surface area contributed by atoms with Gasteiger partial charge in [0.25, 0.3) is 0 Å². The highest BCUT2D eigenvalue weighted by Gasteiger charge is 2.19. The number of nitrogens with one attached hydrogen (secondary N) is 2. The van der Waals surface area contributed by atoms with E-state index in [9.17, 15) is 9.59 Å². The highest BCUT2D eigenvalue weighted by atomic mass is 32.2. The smallest absolute Gasteiger partial charge is 0.224 e. The van der Waals surface area contributed by atoms with E-state index in [1.807, 2.05) is 20.8 Å². The predicted molar refractivity (Wildman–Crippen MR) is 119 cm³/mol. The van der Waals surface area contributed by atoms with Gasteiger partial charge in [-0.15, -0.1) is 10.2 Å². The van der Waals surface area contributed by atoms with Crippen molar-refractivity contribution in [1.29, 1.82) is 0 Å². The first-order chi connectivity index (χ1) is 14.0. The van der Waals surface area contributed by atoms with Crippen LogP contribution in [-0.2, 0) is 9.53 Å². The fraction of sp³-hybridized carbons (Fsp3) is 0.500. The summed E-state index contributed by atoms with van der Waals surface area (Å²) in [5.74, 6) is -0.00284. The van der Waals surface area contributed by atoms with E-state index < -0.39 is 0 Å². The number of nitrogens with zero attached hydrogens (tertiary/aromatic N) is 2. The molecule has 0 aliphatic rings. The largest absolute Gasteiger partial charge is 0.382 e. The summed E-state index contributed by atoms with van der Waals surface area (Å²) in [6.45, 7) is 8.01. The molecule has 1 amide bonds. The van der Waals surface area contributed by atoms with E-state index in [0.29, 0.717) is 17.7 Å². The topological polar surface area (TPSA) is 93.2 Å². The van der Waals surface area contributed by atoms with Crippen LogP contribution in [0.3, 0.4) is 0 Å². The van der Waals surface area contributed by atoms with E-state index >= 15 is 0 Å².